The van der Waals surface area contributed by atoms with E-state index >= 15 is 0 Å². The molecule has 3 rings (SSSR count). The van der Waals surface area contributed by atoms with Crippen molar-refractivity contribution in [3.63, 3.8) is 0 Å². The lowest BCUT2D eigenvalue weighted by molar-refractivity contribution is -0.0279. The molecule has 3 heterocycles. The van der Waals surface area contributed by atoms with Crippen molar-refractivity contribution in [1.29, 1.82) is 0 Å². The van der Waals surface area contributed by atoms with E-state index in [0.29, 0.717) is 31.1 Å². The summed E-state index contributed by atoms with van der Waals surface area (Å²) in [6.45, 7) is 3.48. The maximum absolute atomic E-state index is 12.6. The summed E-state index contributed by atoms with van der Waals surface area (Å²) in [5, 5.41) is 0. The number of carbonyl (C=O) groups excluding carboxylic acids is 1. The summed E-state index contributed by atoms with van der Waals surface area (Å²) in [6, 6.07) is 3.41. The fourth-order valence-corrected chi connectivity index (χ4v) is 2.73. The molecule has 23 heavy (non-hydrogen) atoms. The Bertz CT molecular complexity index is 696. The van der Waals surface area contributed by atoms with E-state index in [1.54, 1.807) is 24.1 Å². The van der Waals surface area contributed by atoms with E-state index in [2.05, 4.69) is 9.97 Å². The zero-order chi connectivity index (χ0) is 16.4. The third-order valence-corrected chi connectivity index (χ3v) is 3.87. The quantitative estimate of drug-likeness (QED) is 0.855. The molecule has 0 N–H and O–H groups in total. The molecule has 0 aliphatic carbocycles. The maximum atomic E-state index is 12.6. The molecule has 2 aromatic rings. The van der Waals surface area contributed by atoms with Crippen LogP contribution in [0.3, 0.4) is 0 Å². The molecule has 0 saturated carbocycles. The van der Waals surface area contributed by atoms with Gasteiger partial charge in [-0.3, -0.25) is 4.79 Å². The summed E-state index contributed by atoms with van der Waals surface area (Å²) < 4.78 is 12.8. The Kier molecular flexibility index (Phi) is 4.29. The zero-order valence-electron chi connectivity index (χ0n) is 13.5. The summed E-state index contributed by atoms with van der Waals surface area (Å²) >= 11 is 0. The van der Waals surface area contributed by atoms with Crippen molar-refractivity contribution in [3.8, 4) is 5.88 Å². The predicted octanol–water partition coefficient (Wildman–Crippen LogP) is 1.35. The fraction of sp³-hybridized carbons (Fsp3) is 0.438. The third-order valence-electron chi connectivity index (χ3n) is 3.87. The Morgan fingerprint density at radius 3 is 2.87 bits per heavy atom. The summed E-state index contributed by atoms with van der Waals surface area (Å²) in [4.78, 5) is 23.0. The van der Waals surface area contributed by atoms with Gasteiger partial charge >= 0.3 is 0 Å². The van der Waals surface area contributed by atoms with Crippen LogP contribution < -0.4 is 4.74 Å². The Hall–Kier alpha value is -2.41. The highest BCUT2D eigenvalue weighted by molar-refractivity contribution is 5.94. The number of imidazole rings is 1. The highest BCUT2D eigenvalue weighted by atomic mass is 16.5. The molecule has 7 heteroatoms. The molecule has 1 amide bonds. The van der Waals surface area contributed by atoms with E-state index in [0.717, 1.165) is 11.5 Å². The van der Waals surface area contributed by atoms with Gasteiger partial charge in [-0.05, 0) is 13.0 Å². The number of aromatic nitrogens is 3. The van der Waals surface area contributed by atoms with E-state index in [1.807, 2.05) is 24.7 Å². The molecular formula is C16H20N4O3. The number of hydrogen-bond acceptors (Lipinski definition) is 5. The first-order valence-electron chi connectivity index (χ1n) is 7.49. The highest BCUT2D eigenvalue weighted by Crippen LogP contribution is 2.22. The Labute approximate surface area is 134 Å². The van der Waals surface area contributed by atoms with Gasteiger partial charge in [0.2, 0.25) is 5.88 Å². The van der Waals surface area contributed by atoms with E-state index in [-0.39, 0.29) is 12.0 Å². The summed E-state index contributed by atoms with van der Waals surface area (Å²) in [7, 11) is 3.48. The number of amides is 1. The van der Waals surface area contributed by atoms with Crippen LogP contribution in [-0.4, -0.2) is 52.1 Å². The first-order valence-corrected chi connectivity index (χ1v) is 7.49. The molecule has 0 radical (unpaired) electrons. The standard InChI is InChI=1S/C16H20N4O3/c1-11-9-19(2)15(18-11)13-10-20(6-7-23-13)16(21)12-4-5-14(22-3)17-8-12/h4-5,8-9,13H,6-7,10H2,1-3H3/t13-/m0/s1. The molecule has 0 unspecified atom stereocenters. The molecule has 0 spiro atoms. The first-order chi connectivity index (χ1) is 11.1. The lowest BCUT2D eigenvalue weighted by atomic mass is 10.2. The minimum atomic E-state index is -0.211. The van der Waals surface area contributed by atoms with Crippen LogP contribution in [0.25, 0.3) is 0 Å². The number of pyridine rings is 1. The number of morpholine rings is 1. The number of aryl methyl sites for hydroxylation is 2. The van der Waals surface area contributed by atoms with Crippen molar-refractivity contribution in [2.75, 3.05) is 26.8 Å². The first kappa shape index (κ1) is 15.5. The minimum Gasteiger partial charge on any atom is -0.481 e. The topological polar surface area (TPSA) is 69.5 Å². The van der Waals surface area contributed by atoms with Crippen molar-refractivity contribution in [3.05, 3.63) is 41.6 Å². The molecule has 1 atom stereocenters. The molecule has 0 aromatic carbocycles. The van der Waals surface area contributed by atoms with Crippen LogP contribution >= 0.6 is 0 Å². The zero-order valence-corrected chi connectivity index (χ0v) is 13.5. The second-order valence-corrected chi connectivity index (χ2v) is 5.55. The van der Waals surface area contributed by atoms with E-state index in [9.17, 15) is 4.79 Å². The average molecular weight is 316 g/mol. The molecular weight excluding hydrogens is 296 g/mol. The van der Waals surface area contributed by atoms with Crippen LogP contribution in [0.5, 0.6) is 5.88 Å². The van der Waals surface area contributed by atoms with Gasteiger partial charge in [0.15, 0.2) is 0 Å². The molecule has 1 aliphatic rings. The van der Waals surface area contributed by atoms with Crippen LogP contribution in [0.15, 0.2) is 24.5 Å². The number of carbonyl (C=O) groups is 1. The van der Waals surface area contributed by atoms with Gasteiger partial charge in [-0.25, -0.2) is 9.97 Å². The van der Waals surface area contributed by atoms with Crippen molar-refractivity contribution < 1.29 is 14.3 Å². The monoisotopic (exact) mass is 316 g/mol. The molecule has 1 aliphatic heterocycles. The van der Waals surface area contributed by atoms with Crippen LogP contribution in [-0.2, 0) is 11.8 Å². The van der Waals surface area contributed by atoms with Crippen molar-refractivity contribution in [2.45, 2.75) is 13.0 Å². The van der Waals surface area contributed by atoms with Crippen molar-refractivity contribution in [2.24, 2.45) is 7.05 Å². The number of hydrogen-bond donors (Lipinski definition) is 0. The van der Waals surface area contributed by atoms with Crippen molar-refractivity contribution in [1.82, 2.24) is 19.4 Å². The molecule has 0 bridgehead atoms. The Morgan fingerprint density at radius 2 is 2.26 bits per heavy atom. The van der Waals surface area contributed by atoms with Gasteiger partial charge in [-0.2, -0.15) is 0 Å². The molecule has 1 fully saturated rings. The van der Waals surface area contributed by atoms with E-state index in [1.165, 1.54) is 6.20 Å². The Morgan fingerprint density at radius 1 is 1.43 bits per heavy atom. The lowest BCUT2D eigenvalue weighted by Gasteiger charge is -2.32. The minimum absolute atomic E-state index is 0.0561. The summed E-state index contributed by atoms with van der Waals surface area (Å²) in [6.07, 6.45) is 3.28. The van der Waals surface area contributed by atoms with Gasteiger partial charge in [-0.15, -0.1) is 0 Å². The van der Waals surface area contributed by atoms with Gasteiger partial charge in [-0.1, -0.05) is 0 Å². The lowest BCUT2D eigenvalue weighted by Crippen LogP contribution is -2.42. The van der Waals surface area contributed by atoms with Gasteiger partial charge in [0, 0.05) is 32.1 Å². The smallest absolute Gasteiger partial charge is 0.255 e. The normalized spacial score (nSPS) is 18.0. The second-order valence-electron chi connectivity index (χ2n) is 5.55. The van der Waals surface area contributed by atoms with Crippen LogP contribution in [0.2, 0.25) is 0 Å². The third kappa shape index (κ3) is 3.19. The van der Waals surface area contributed by atoms with Gasteiger partial charge < -0.3 is 18.9 Å². The van der Waals surface area contributed by atoms with Crippen molar-refractivity contribution >= 4 is 5.91 Å². The van der Waals surface area contributed by atoms with E-state index < -0.39 is 0 Å². The largest absolute Gasteiger partial charge is 0.481 e. The maximum Gasteiger partial charge on any atom is 0.255 e. The highest BCUT2D eigenvalue weighted by Gasteiger charge is 2.28. The van der Waals surface area contributed by atoms with Gasteiger partial charge in [0.05, 0.1) is 31.5 Å². The molecule has 7 nitrogen and oxygen atoms in total. The summed E-state index contributed by atoms with van der Waals surface area (Å²) in [5.74, 6) is 1.28. The molecule has 2 aromatic heterocycles. The van der Waals surface area contributed by atoms with Crippen LogP contribution in [0.4, 0.5) is 0 Å². The number of methoxy groups -OCH3 is 1. The molecule has 1 saturated heterocycles. The van der Waals surface area contributed by atoms with Crippen LogP contribution in [0, 0.1) is 6.92 Å². The predicted molar refractivity (Wildman–Crippen MR) is 83.3 cm³/mol. The Balaban J connectivity index is 1.74. The average Bonchev–Trinajstić information content (AvgIpc) is 2.93. The SMILES string of the molecule is COc1ccc(C(=O)N2CCO[C@H](c3nc(C)cn3C)C2)cn1. The van der Waals surface area contributed by atoms with Crippen LogP contribution in [0.1, 0.15) is 28.0 Å². The molecule has 122 valence electrons. The summed E-state index contributed by atoms with van der Waals surface area (Å²) in [5.41, 5.74) is 1.48. The fourth-order valence-electron chi connectivity index (χ4n) is 2.73. The van der Waals surface area contributed by atoms with E-state index in [4.69, 9.17) is 9.47 Å². The number of ether oxygens (including phenoxy) is 2. The second kappa shape index (κ2) is 6.37. The number of rotatable bonds is 3. The van der Waals surface area contributed by atoms with Gasteiger partial charge in [0.25, 0.3) is 5.91 Å². The number of nitrogens with zero attached hydrogens (tertiary/aromatic N) is 4. The van der Waals surface area contributed by atoms with Gasteiger partial charge in [0.1, 0.15) is 11.9 Å².